The minimum Gasteiger partial charge on any atom is -0.390 e. The molecule has 0 aliphatic heterocycles. The number of hydrogen-bond donors (Lipinski definition) is 1. The molecule has 0 saturated heterocycles. The molecule has 0 radical (unpaired) electrons. The summed E-state index contributed by atoms with van der Waals surface area (Å²) in [7, 11) is 4.69. The number of rotatable bonds is 16. The van der Waals surface area contributed by atoms with Gasteiger partial charge in [0.05, 0.1) is 25.1 Å². The molecule has 6 atom stereocenters. The van der Waals surface area contributed by atoms with Gasteiger partial charge in [0, 0.05) is 6.20 Å². The average Bonchev–Trinajstić information content (AvgIpc) is 3.55. The summed E-state index contributed by atoms with van der Waals surface area (Å²) in [5.41, 5.74) is 2.83. The Morgan fingerprint density at radius 2 is 2.05 bits per heavy atom. The summed E-state index contributed by atoms with van der Waals surface area (Å²) in [5.74, 6) is -0.638. The highest BCUT2D eigenvalue weighted by Gasteiger charge is 2.47. The number of hydrogen-bond acceptors (Lipinski definition) is 3. The van der Waals surface area contributed by atoms with Crippen molar-refractivity contribution in [3.05, 3.63) is 82.7 Å². The van der Waals surface area contributed by atoms with Gasteiger partial charge in [-0.1, -0.05) is 40.5 Å². The fraction of sp³-hybridized carbons (Fsp3) is 0.516. The lowest BCUT2D eigenvalue weighted by molar-refractivity contribution is 0.0689. The lowest BCUT2D eigenvalue weighted by atomic mass is 9.98. The van der Waals surface area contributed by atoms with Gasteiger partial charge in [0.1, 0.15) is 11.7 Å². The quantitative estimate of drug-likeness (QED) is 0.0863. The van der Waals surface area contributed by atoms with Gasteiger partial charge in [0.2, 0.25) is 0 Å². The lowest BCUT2D eigenvalue weighted by Gasteiger charge is -2.16. The third-order valence-electron chi connectivity index (χ3n) is 6.88. The molecule has 8 heteroatoms. The highest BCUT2D eigenvalue weighted by molar-refractivity contribution is 7.17. The van der Waals surface area contributed by atoms with Crippen LogP contribution in [0.25, 0.3) is 0 Å². The van der Waals surface area contributed by atoms with Crippen molar-refractivity contribution in [1.82, 2.24) is 0 Å². The van der Waals surface area contributed by atoms with E-state index in [-0.39, 0.29) is 17.9 Å². The molecule has 0 heterocycles. The fourth-order valence-electron chi connectivity index (χ4n) is 4.84. The molecular weight excluding hydrogens is 537 g/mol. The number of halogens is 3. The molecule has 2 aliphatic carbocycles. The topological polar surface area (TPSA) is 41.8 Å². The second-order valence-corrected chi connectivity index (χ2v) is 12.0. The zero-order valence-electron chi connectivity index (χ0n) is 23.4. The van der Waals surface area contributed by atoms with Gasteiger partial charge in [-0.05, 0) is 117 Å². The smallest absolute Gasteiger partial charge is 0.138 e. The molecule has 3 nitrogen and oxygen atoms in total. The molecule has 2 fully saturated rings. The van der Waals surface area contributed by atoms with Crippen LogP contribution in [0, 0.1) is 17.8 Å². The van der Waals surface area contributed by atoms with Crippen molar-refractivity contribution >= 4 is 25.2 Å². The number of fused-ring (bicyclic) bond motifs is 1. The van der Waals surface area contributed by atoms with Crippen LogP contribution in [-0.4, -0.2) is 42.7 Å². The van der Waals surface area contributed by atoms with Crippen LogP contribution in [0.1, 0.15) is 52.9 Å². The number of alkyl halides is 1. The molecule has 1 N–H and O–H groups in total. The first-order valence-corrected chi connectivity index (χ1v) is 15.0. The maximum Gasteiger partial charge on any atom is 0.138 e. The SMILES string of the molecule is C=NC=C1/C(=C\COCC(C)/C=C(/C=C/C(F)=C(\C=C/F)CCCC(C)(C)O)C(=C/CP)\C(F)P)C[C@H]2C[C@@H]12. The van der Waals surface area contributed by atoms with Gasteiger partial charge in [-0.2, -0.15) is 0 Å². The van der Waals surface area contributed by atoms with Crippen LogP contribution in [0.5, 0.6) is 0 Å². The van der Waals surface area contributed by atoms with Crippen LogP contribution in [0.3, 0.4) is 0 Å². The Morgan fingerprint density at radius 1 is 1.31 bits per heavy atom. The highest BCUT2D eigenvalue weighted by Crippen LogP contribution is 2.57. The standard InChI is InChI=1S/C31H44F3NO2P2/c1-21(20-37-14-10-24-17-25-18-27(25)28(24)19-35-4)16-23(26(11-15-38)30(34)39)7-8-29(33)22(9-13-32)6-5-12-31(2,3)36/h7-11,13,16,19,21,25,27,30,36H,4-6,12,14-15,17-18,20,38-39H2,1-3H3/b8-7+,13-9-,23-16-,24-10-,26-11+,28-19?,29-22+/t21?,25-,27+,30?/m0/s1. The average molecular weight is 582 g/mol. The fourth-order valence-corrected chi connectivity index (χ4v) is 5.43. The molecule has 0 aromatic carbocycles. The third kappa shape index (κ3) is 11.8. The molecule has 39 heavy (non-hydrogen) atoms. The van der Waals surface area contributed by atoms with Crippen molar-refractivity contribution in [2.75, 3.05) is 19.4 Å². The summed E-state index contributed by atoms with van der Waals surface area (Å²) in [4.78, 5) is 3.95. The third-order valence-corrected chi connectivity index (χ3v) is 7.48. The van der Waals surface area contributed by atoms with Crippen molar-refractivity contribution in [2.24, 2.45) is 22.7 Å². The molecular formula is C31H44F3NO2P2. The molecule has 0 aromatic rings. The zero-order valence-corrected chi connectivity index (χ0v) is 25.7. The molecule has 2 saturated carbocycles. The summed E-state index contributed by atoms with van der Waals surface area (Å²) < 4.78 is 48.4. The first kappa shape index (κ1) is 33.6. The van der Waals surface area contributed by atoms with E-state index in [0.717, 1.165) is 18.4 Å². The van der Waals surface area contributed by atoms with Crippen LogP contribution in [-0.2, 0) is 4.74 Å². The van der Waals surface area contributed by atoms with Gasteiger partial charge in [-0.25, -0.2) is 13.2 Å². The minimum atomic E-state index is -1.33. The summed E-state index contributed by atoms with van der Waals surface area (Å²) in [5, 5.41) is 9.91. The zero-order chi connectivity index (χ0) is 29.0. The maximum absolute atomic E-state index is 15.1. The predicted octanol–water partition coefficient (Wildman–Crippen LogP) is 8.29. The van der Waals surface area contributed by atoms with E-state index in [1.165, 1.54) is 29.7 Å². The van der Waals surface area contributed by atoms with E-state index >= 15 is 4.39 Å². The van der Waals surface area contributed by atoms with Gasteiger partial charge in [-0.15, -0.1) is 9.24 Å². The molecule has 2 rings (SSSR count). The molecule has 2 aliphatic rings. The Morgan fingerprint density at radius 3 is 2.67 bits per heavy atom. The first-order valence-electron chi connectivity index (χ1n) is 13.5. The van der Waals surface area contributed by atoms with Crippen molar-refractivity contribution < 1.29 is 23.0 Å². The summed E-state index contributed by atoms with van der Waals surface area (Å²) in [6.07, 6.45) is 15.8. The van der Waals surface area contributed by atoms with E-state index in [4.69, 9.17) is 4.74 Å². The molecule has 0 amide bonds. The van der Waals surface area contributed by atoms with Crippen LogP contribution >= 0.6 is 18.5 Å². The second-order valence-electron chi connectivity index (χ2n) is 10.9. The van der Waals surface area contributed by atoms with Crippen molar-refractivity contribution in [3.8, 4) is 0 Å². The maximum atomic E-state index is 15.1. The summed E-state index contributed by atoms with van der Waals surface area (Å²) >= 11 is 0. The summed E-state index contributed by atoms with van der Waals surface area (Å²) in [6, 6.07) is 0. The Bertz CT molecular complexity index is 1050. The monoisotopic (exact) mass is 581 g/mol. The molecule has 0 spiro atoms. The Kier molecular flexibility index (Phi) is 14.3. The number of nitrogens with zero attached hydrogens (tertiary/aromatic N) is 1. The Hall–Kier alpha value is -1.58. The van der Waals surface area contributed by atoms with Crippen molar-refractivity contribution in [1.29, 1.82) is 0 Å². The van der Waals surface area contributed by atoms with Crippen molar-refractivity contribution in [2.45, 2.75) is 64.4 Å². The molecule has 0 aromatic heterocycles. The highest BCUT2D eigenvalue weighted by atomic mass is 31.0. The van der Waals surface area contributed by atoms with Crippen LogP contribution in [0.4, 0.5) is 13.2 Å². The normalized spacial score (nSPS) is 24.5. The van der Waals surface area contributed by atoms with Gasteiger partial charge < -0.3 is 9.84 Å². The van der Waals surface area contributed by atoms with E-state index in [0.29, 0.717) is 55.6 Å². The molecule has 4 unspecified atom stereocenters. The van der Waals surface area contributed by atoms with E-state index in [9.17, 15) is 13.9 Å². The molecule has 216 valence electrons. The first-order chi connectivity index (χ1) is 18.5. The van der Waals surface area contributed by atoms with Crippen LogP contribution < -0.4 is 0 Å². The van der Waals surface area contributed by atoms with E-state index in [1.54, 1.807) is 19.9 Å². The molecule has 0 bridgehead atoms. The Labute approximate surface area is 237 Å². The van der Waals surface area contributed by atoms with Crippen LogP contribution in [0.2, 0.25) is 0 Å². The predicted molar refractivity (Wildman–Crippen MR) is 165 cm³/mol. The van der Waals surface area contributed by atoms with E-state index < -0.39 is 17.3 Å². The summed E-state index contributed by atoms with van der Waals surface area (Å²) in [6.45, 7) is 9.79. The number of allylic oxidation sites excluding steroid dienone is 10. The minimum absolute atomic E-state index is 0.0643. The lowest BCUT2D eigenvalue weighted by Crippen LogP contribution is -2.17. The van der Waals surface area contributed by atoms with Crippen molar-refractivity contribution in [3.63, 3.8) is 0 Å². The van der Waals surface area contributed by atoms with E-state index in [1.807, 2.05) is 19.2 Å². The number of aliphatic imine (C=N–C) groups is 1. The largest absolute Gasteiger partial charge is 0.390 e. The second kappa shape index (κ2) is 16.6. The van der Waals surface area contributed by atoms with Gasteiger partial charge >= 0.3 is 0 Å². The van der Waals surface area contributed by atoms with Gasteiger partial charge in [-0.3, -0.25) is 4.99 Å². The van der Waals surface area contributed by atoms with Crippen LogP contribution in [0.15, 0.2) is 87.7 Å². The number of ether oxygens (including phenoxy) is 1. The van der Waals surface area contributed by atoms with E-state index in [2.05, 4.69) is 36.3 Å². The van der Waals surface area contributed by atoms with Gasteiger partial charge in [0.25, 0.3) is 0 Å². The Balaban J connectivity index is 2.14. The number of aliphatic hydroxyl groups is 1. The van der Waals surface area contributed by atoms with Gasteiger partial charge in [0.15, 0.2) is 0 Å².